The van der Waals surface area contributed by atoms with Gasteiger partial charge in [0, 0.05) is 6.42 Å². The maximum Gasteiger partial charge on any atom is 0.220 e. The molecular weight excluding hydrogens is 266 g/mol. The van der Waals surface area contributed by atoms with Crippen molar-refractivity contribution in [2.45, 2.75) is 58.6 Å². The van der Waals surface area contributed by atoms with Crippen molar-refractivity contribution < 1.29 is 14.6 Å². The number of benzene rings is 1. The number of carbonyl (C=O) groups excluding carboxylic acids is 1. The summed E-state index contributed by atoms with van der Waals surface area (Å²) in [6.07, 6.45) is 1.02. The third-order valence-electron chi connectivity index (χ3n) is 3.79. The molecule has 118 valence electrons. The van der Waals surface area contributed by atoms with Crippen LogP contribution in [0.5, 0.6) is 5.75 Å². The molecule has 1 rings (SSSR count). The lowest BCUT2D eigenvalue weighted by Gasteiger charge is -2.38. The molecule has 4 heteroatoms. The van der Waals surface area contributed by atoms with Crippen LogP contribution in [0.3, 0.4) is 0 Å². The maximum atomic E-state index is 11.9. The molecule has 0 aliphatic carbocycles. The van der Waals surface area contributed by atoms with Gasteiger partial charge in [0.2, 0.25) is 5.91 Å². The van der Waals surface area contributed by atoms with Crippen molar-refractivity contribution in [2.75, 3.05) is 6.61 Å². The number of hydrogen-bond acceptors (Lipinski definition) is 3. The zero-order chi connectivity index (χ0) is 16.1. The summed E-state index contributed by atoms with van der Waals surface area (Å²) in [5.74, 6) is 0.752. The van der Waals surface area contributed by atoms with Crippen LogP contribution in [0.4, 0.5) is 0 Å². The van der Waals surface area contributed by atoms with Crippen molar-refractivity contribution in [1.82, 2.24) is 5.32 Å². The Hall–Kier alpha value is -1.55. The van der Waals surface area contributed by atoms with Crippen LogP contribution in [-0.4, -0.2) is 28.8 Å². The molecule has 0 saturated heterocycles. The number of aryl methyl sites for hydroxylation is 1. The molecule has 0 saturated carbocycles. The second kappa shape index (κ2) is 6.94. The van der Waals surface area contributed by atoms with Gasteiger partial charge < -0.3 is 15.2 Å². The fourth-order valence-corrected chi connectivity index (χ4v) is 1.69. The van der Waals surface area contributed by atoms with E-state index in [4.69, 9.17) is 4.74 Å². The van der Waals surface area contributed by atoms with Crippen LogP contribution >= 0.6 is 0 Å². The number of ether oxygens (including phenoxy) is 1. The standard InChI is InChI=1S/C17H27NO3/c1-13-8-6-9-14(12-13)21-11-7-10-15(19)18-16(2,3)17(4,5)20/h6,8-9,12,20H,7,10-11H2,1-5H3,(H,18,19). The zero-order valence-corrected chi connectivity index (χ0v) is 13.7. The first-order valence-electron chi connectivity index (χ1n) is 7.35. The third kappa shape index (κ3) is 5.76. The van der Waals surface area contributed by atoms with E-state index >= 15 is 0 Å². The number of aliphatic hydroxyl groups is 1. The summed E-state index contributed by atoms with van der Waals surface area (Å²) < 4.78 is 5.61. The van der Waals surface area contributed by atoms with Gasteiger partial charge in [-0.2, -0.15) is 0 Å². The van der Waals surface area contributed by atoms with Gasteiger partial charge in [-0.3, -0.25) is 4.79 Å². The minimum Gasteiger partial charge on any atom is -0.494 e. The highest BCUT2D eigenvalue weighted by molar-refractivity contribution is 5.76. The van der Waals surface area contributed by atoms with Crippen molar-refractivity contribution in [3.8, 4) is 5.75 Å². The number of amides is 1. The average Bonchev–Trinajstić information content (AvgIpc) is 2.33. The maximum absolute atomic E-state index is 11.9. The van der Waals surface area contributed by atoms with Crippen LogP contribution in [0.15, 0.2) is 24.3 Å². The molecule has 21 heavy (non-hydrogen) atoms. The minimum atomic E-state index is -0.972. The fraction of sp³-hybridized carbons (Fsp3) is 0.588. The fourth-order valence-electron chi connectivity index (χ4n) is 1.69. The lowest BCUT2D eigenvalue weighted by Crippen LogP contribution is -2.57. The van der Waals surface area contributed by atoms with E-state index in [9.17, 15) is 9.90 Å². The van der Waals surface area contributed by atoms with Crippen LogP contribution in [0, 0.1) is 6.92 Å². The van der Waals surface area contributed by atoms with Crippen LogP contribution in [0.25, 0.3) is 0 Å². The van der Waals surface area contributed by atoms with Crippen LogP contribution < -0.4 is 10.1 Å². The van der Waals surface area contributed by atoms with E-state index in [-0.39, 0.29) is 5.91 Å². The molecule has 4 nitrogen and oxygen atoms in total. The molecule has 1 aromatic carbocycles. The molecule has 0 heterocycles. The normalized spacial score (nSPS) is 12.1. The number of carbonyl (C=O) groups is 1. The van der Waals surface area contributed by atoms with Crippen LogP contribution in [0.2, 0.25) is 0 Å². The van der Waals surface area contributed by atoms with E-state index in [1.807, 2.05) is 45.0 Å². The Morgan fingerprint density at radius 2 is 1.95 bits per heavy atom. The van der Waals surface area contributed by atoms with Gasteiger partial charge in [-0.25, -0.2) is 0 Å². The van der Waals surface area contributed by atoms with Crippen molar-refractivity contribution in [2.24, 2.45) is 0 Å². The first-order valence-corrected chi connectivity index (χ1v) is 7.35. The van der Waals surface area contributed by atoms with Crippen LogP contribution in [-0.2, 0) is 4.79 Å². The summed E-state index contributed by atoms with van der Waals surface area (Å²) in [5.41, 5.74) is -0.487. The van der Waals surface area contributed by atoms with Crippen molar-refractivity contribution in [3.63, 3.8) is 0 Å². The highest BCUT2D eigenvalue weighted by atomic mass is 16.5. The van der Waals surface area contributed by atoms with E-state index in [0.29, 0.717) is 19.4 Å². The van der Waals surface area contributed by atoms with E-state index in [1.54, 1.807) is 13.8 Å². The van der Waals surface area contributed by atoms with E-state index in [1.165, 1.54) is 0 Å². The van der Waals surface area contributed by atoms with Gasteiger partial charge in [0.15, 0.2) is 0 Å². The number of rotatable bonds is 7. The van der Waals surface area contributed by atoms with Crippen molar-refractivity contribution in [1.29, 1.82) is 0 Å². The zero-order valence-electron chi connectivity index (χ0n) is 13.7. The summed E-state index contributed by atoms with van der Waals surface area (Å²) in [4.78, 5) is 11.9. The smallest absolute Gasteiger partial charge is 0.220 e. The molecule has 0 unspecified atom stereocenters. The molecule has 2 N–H and O–H groups in total. The molecule has 1 amide bonds. The van der Waals surface area contributed by atoms with Gasteiger partial charge in [-0.15, -0.1) is 0 Å². The lowest BCUT2D eigenvalue weighted by atomic mass is 9.86. The number of nitrogens with one attached hydrogen (secondary N) is 1. The summed E-state index contributed by atoms with van der Waals surface area (Å²) in [7, 11) is 0. The molecule has 0 fully saturated rings. The number of hydrogen-bond donors (Lipinski definition) is 2. The van der Waals surface area contributed by atoms with Gasteiger partial charge in [0.05, 0.1) is 17.7 Å². The SMILES string of the molecule is Cc1cccc(OCCCC(=O)NC(C)(C)C(C)(C)O)c1. The van der Waals surface area contributed by atoms with Gasteiger partial charge in [-0.05, 0) is 58.7 Å². The predicted octanol–water partition coefficient (Wildman–Crippen LogP) is 2.82. The lowest BCUT2D eigenvalue weighted by molar-refractivity contribution is -0.126. The minimum absolute atomic E-state index is 0.0741. The molecule has 1 aromatic rings. The molecule has 0 aliphatic rings. The summed E-state index contributed by atoms with van der Waals surface area (Å²) in [5, 5.41) is 12.9. The van der Waals surface area contributed by atoms with Gasteiger partial charge in [0.25, 0.3) is 0 Å². The van der Waals surface area contributed by atoms with Crippen LogP contribution in [0.1, 0.15) is 46.1 Å². The van der Waals surface area contributed by atoms with Crippen molar-refractivity contribution in [3.05, 3.63) is 29.8 Å². The molecule has 0 spiro atoms. The Labute approximate surface area is 127 Å². The van der Waals surface area contributed by atoms with Gasteiger partial charge in [-0.1, -0.05) is 12.1 Å². The second-order valence-electron chi connectivity index (χ2n) is 6.50. The highest BCUT2D eigenvalue weighted by Crippen LogP contribution is 2.20. The topological polar surface area (TPSA) is 58.6 Å². The van der Waals surface area contributed by atoms with Crippen molar-refractivity contribution >= 4 is 5.91 Å². The van der Waals surface area contributed by atoms with Gasteiger partial charge in [0.1, 0.15) is 5.75 Å². The summed E-state index contributed by atoms with van der Waals surface area (Å²) in [6.45, 7) is 9.52. The second-order valence-corrected chi connectivity index (χ2v) is 6.50. The Balaban J connectivity index is 2.31. The quantitative estimate of drug-likeness (QED) is 0.760. The van der Waals surface area contributed by atoms with E-state index in [0.717, 1.165) is 11.3 Å². The van der Waals surface area contributed by atoms with E-state index in [2.05, 4.69) is 5.32 Å². The third-order valence-corrected chi connectivity index (χ3v) is 3.79. The Bertz CT molecular complexity index is 475. The predicted molar refractivity (Wildman–Crippen MR) is 84.4 cm³/mol. The molecule has 0 radical (unpaired) electrons. The first-order chi connectivity index (χ1) is 9.62. The molecule has 0 aliphatic heterocycles. The Kier molecular flexibility index (Phi) is 5.78. The first kappa shape index (κ1) is 17.5. The summed E-state index contributed by atoms with van der Waals surface area (Å²) >= 11 is 0. The highest BCUT2D eigenvalue weighted by Gasteiger charge is 2.35. The summed E-state index contributed by atoms with van der Waals surface area (Å²) in [6, 6.07) is 7.84. The largest absolute Gasteiger partial charge is 0.494 e. The Morgan fingerprint density at radius 1 is 1.29 bits per heavy atom. The average molecular weight is 293 g/mol. The molecule has 0 bridgehead atoms. The molecule has 0 aromatic heterocycles. The Morgan fingerprint density at radius 3 is 2.52 bits per heavy atom. The molecular formula is C17H27NO3. The monoisotopic (exact) mass is 293 g/mol. The molecule has 0 atom stereocenters. The van der Waals surface area contributed by atoms with Gasteiger partial charge >= 0.3 is 0 Å². The van der Waals surface area contributed by atoms with E-state index < -0.39 is 11.1 Å².